The highest BCUT2D eigenvalue weighted by Gasteiger charge is 2.23. The summed E-state index contributed by atoms with van der Waals surface area (Å²) in [7, 11) is 1.43. The summed E-state index contributed by atoms with van der Waals surface area (Å²) < 4.78 is 5.26. The molecule has 23 heavy (non-hydrogen) atoms. The number of ether oxygens (including phenoxy) is 1. The molecule has 3 aromatic rings. The highest BCUT2D eigenvalue weighted by Crippen LogP contribution is 2.41. The zero-order valence-corrected chi connectivity index (χ0v) is 12.5. The fourth-order valence-corrected chi connectivity index (χ4v) is 2.47. The molecule has 0 aliphatic carbocycles. The highest BCUT2D eigenvalue weighted by molar-refractivity contribution is 5.83. The van der Waals surface area contributed by atoms with Gasteiger partial charge in [-0.15, -0.1) is 0 Å². The van der Waals surface area contributed by atoms with Crippen molar-refractivity contribution in [3.05, 3.63) is 77.0 Å². The van der Waals surface area contributed by atoms with E-state index in [9.17, 15) is 10.1 Å². The van der Waals surface area contributed by atoms with E-state index in [0.29, 0.717) is 5.56 Å². The van der Waals surface area contributed by atoms with Gasteiger partial charge in [0.15, 0.2) is 5.75 Å². The van der Waals surface area contributed by atoms with Crippen molar-refractivity contribution in [2.24, 2.45) is 0 Å². The SMILES string of the molecule is COc1cc(-c2ccccn2)cc(-c2ccccc2)c1[N+](=O)[O-]. The van der Waals surface area contributed by atoms with E-state index in [4.69, 9.17) is 4.74 Å². The van der Waals surface area contributed by atoms with Crippen molar-refractivity contribution in [1.82, 2.24) is 4.98 Å². The molecule has 0 unspecified atom stereocenters. The van der Waals surface area contributed by atoms with E-state index in [1.807, 2.05) is 48.5 Å². The molecule has 0 N–H and O–H groups in total. The third-order valence-electron chi connectivity index (χ3n) is 3.52. The van der Waals surface area contributed by atoms with Crippen molar-refractivity contribution in [1.29, 1.82) is 0 Å². The Kier molecular flexibility index (Phi) is 4.01. The summed E-state index contributed by atoms with van der Waals surface area (Å²) in [6, 6.07) is 18.2. The fraction of sp³-hybridized carbons (Fsp3) is 0.0556. The normalized spacial score (nSPS) is 10.3. The number of benzene rings is 2. The molecule has 1 heterocycles. The van der Waals surface area contributed by atoms with Crippen LogP contribution in [-0.4, -0.2) is 17.0 Å². The minimum atomic E-state index is -0.413. The lowest BCUT2D eigenvalue weighted by molar-refractivity contribution is -0.385. The maximum absolute atomic E-state index is 11.5. The van der Waals surface area contributed by atoms with Crippen LogP contribution < -0.4 is 4.74 Å². The number of hydrogen-bond acceptors (Lipinski definition) is 4. The molecule has 0 aliphatic heterocycles. The number of methoxy groups -OCH3 is 1. The van der Waals surface area contributed by atoms with Crippen molar-refractivity contribution in [2.75, 3.05) is 7.11 Å². The summed E-state index contributed by atoms with van der Waals surface area (Å²) in [5.41, 5.74) is 2.73. The average Bonchev–Trinajstić information content (AvgIpc) is 2.62. The number of nitro benzene ring substituents is 1. The fourth-order valence-electron chi connectivity index (χ4n) is 2.47. The smallest absolute Gasteiger partial charge is 0.318 e. The van der Waals surface area contributed by atoms with E-state index in [-0.39, 0.29) is 11.4 Å². The Balaban J connectivity index is 2.29. The van der Waals surface area contributed by atoms with Crippen LogP contribution in [0.3, 0.4) is 0 Å². The van der Waals surface area contributed by atoms with Gasteiger partial charge >= 0.3 is 5.69 Å². The molecule has 0 saturated carbocycles. The quantitative estimate of drug-likeness (QED) is 0.531. The Labute approximate surface area is 133 Å². The van der Waals surface area contributed by atoms with Gasteiger partial charge in [0.1, 0.15) is 0 Å². The predicted molar refractivity (Wildman–Crippen MR) is 88.3 cm³/mol. The molecule has 1 aromatic heterocycles. The Morgan fingerprint density at radius 1 is 1.00 bits per heavy atom. The lowest BCUT2D eigenvalue weighted by Gasteiger charge is -2.10. The van der Waals surface area contributed by atoms with Crippen LogP contribution in [0, 0.1) is 10.1 Å². The maximum atomic E-state index is 11.5. The van der Waals surface area contributed by atoms with Gasteiger partial charge in [-0.2, -0.15) is 0 Å². The van der Waals surface area contributed by atoms with E-state index >= 15 is 0 Å². The van der Waals surface area contributed by atoms with E-state index in [1.54, 1.807) is 18.3 Å². The molecular formula is C18H14N2O3. The Morgan fingerprint density at radius 2 is 1.74 bits per heavy atom. The Bertz CT molecular complexity index is 834. The van der Waals surface area contributed by atoms with Crippen LogP contribution in [0.2, 0.25) is 0 Å². The van der Waals surface area contributed by atoms with Gasteiger partial charge in [-0.05, 0) is 29.8 Å². The van der Waals surface area contributed by atoms with Crippen LogP contribution in [-0.2, 0) is 0 Å². The molecule has 0 bridgehead atoms. The third kappa shape index (κ3) is 2.89. The minimum Gasteiger partial charge on any atom is -0.490 e. The monoisotopic (exact) mass is 306 g/mol. The predicted octanol–water partition coefficient (Wildman–Crippen LogP) is 4.33. The average molecular weight is 306 g/mol. The second kappa shape index (κ2) is 6.27. The summed E-state index contributed by atoms with van der Waals surface area (Å²) in [5.74, 6) is 0.219. The summed E-state index contributed by atoms with van der Waals surface area (Å²) in [6.45, 7) is 0. The van der Waals surface area contributed by atoms with Gasteiger partial charge in [-0.25, -0.2) is 0 Å². The number of hydrogen-bond donors (Lipinski definition) is 0. The molecule has 0 saturated heterocycles. The second-order valence-corrected chi connectivity index (χ2v) is 4.91. The van der Waals surface area contributed by atoms with Gasteiger partial charge < -0.3 is 4.74 Å². The number of nitrogens with zero attached hydrogens (tertiary/aromatic N) is 2. The largest absolute Gasteiger partial charge is 0.490 e. The molecule has 0 aliphatic rings. The Hall–Kier alpha value is -3.21. The van der Waals surface area contributed by atoms with Crippen LogP contribution in [0.4, 0.5) is 5.69 Å². The molecule has 2 aromatic carbocycles. The van der Waals surface area contributed by atoms with Gasteiger partial charge in [-0.1, -0.05) is 36.4 Å². The van der Waals surface area contributed by atoms with Gasteiger partial charge in [-0.3, -0.25) is 15.1 Å². The van der Waals surface area contributed by atoms with Crippen molar-refractivity contribution in [3.8, 4) is 28.1 Å². The lowest BCUT2D eigenvalue weighted by atomic mass is 9.98. The lowest BCUT2D eigenvalue weighted by Crippen LogP contribution is -1.98. The molecule has 5 nitrogen and oxygen atoms in total. The number of aromatic nitrogens is 1. The van der Waals surface area contributed by atoms with E-state index in [1.165, 1.54) is 7.11 Å². The first-order chi connectivity index (χ1) is 11.2. The zero-order chi connectivity index (χ0) is 16.2. The van der Waals surface area contributed by atoms with E-state index in [2.05, 4.69) is 4.98 Å². The van der Waals surface area contributed by atoms with Crippen LogP contribution in [0.1, 0.15) is 0 Å². The van der Waals surface area contributed by atoms with Crippen LogP contribution >= 0.6 is 0 Å². The van der Waals surface area contributed by atoms with Gasteiger partial charge in [0, 0.05) is 11.8 Å². The Morgan fingerprint density at radius 3 is 2.35 bits per heavy atom. The zero-order valence-electron chi connectivity index (χ0n) is 12.5. The first-order valence-corrected chi connectivity index (χ1v) is 7.04. The number of nitro groups is 1. The first-order valence-electron chi connectivity index (χ1n) is 7.04. The van der Waals surface area contributed by atoms with Crippen LogP contribution in [0.25, 0.3) is 22.4 Å². The van der Waals surface area contributed by atoms with Crippen molar-refractivity contribution in [3.63, 3.8) is 0 Å². The number of pyridine rings is 1. The molecule has 5 heteroatoms. The summed E-state index contributed by atoms with van der Waals surface area (Å²) in [5, 5.41) is 11.5. The van der Waals surface area contributed by atoms with E-state index in [0.717, 1.165) is 16.8 Å². The van der Waals surface area contributed by atoms with Gasteiger partial charge in [0.05, 0.1) is 23.3 Å². The van der Waals surface area contributed by atoms with Crippen molar-refractivity contribution >= 4 is 5.69 Å². The molecule has 0 atom stereocenters. The summed E-state index contributed by atoms with van der Waals surface area (Å²) in [6.07, 6.45) is 1.69. The summed E-state index contributed by atoms with van der Waals surface area (Å²) >= 11 is 0. The van der Waals surface area contributed by atoms with E-state index < -0.39 is 4.92 Å². The van der Waals surface area contributed by atoms with Crippen LogP contribution in [0.5, 0.6) is 5.75 Å². The van der Waals surface area contributed by atoms with Crippen molar-refractivity contribution in [2.45, 2.75) is 0 Å². The molecule has 0 amide bonds. The highest BCUT2D eigenvalue weighted by atomic mass is 16.6. The molecule has 0 fully saturated rings. The minimum absolute atomic E-state index is 0.0432. The standard InChI is InChI=1S/C18H14N2O3/c1-23-17-12-14(16-9-5-6-10-19-16)11-15(18(17)20(21)22)13-7-3-2-4-8-13/h2-12H,1H3. The number of rotatable bonds is 4. The molecule has 0 radical (unpaired) electrons. The second-order valence-electron chi connectivity index (χ2n) is 4.91. The molecular weight excluding hydrogens is 292 g/mol. The van der Waals surface area contributed by atoms with Gasteiger partial charge in [0.25, 0.3) is 0 Å². The molecule has 114 valence electrons. The molecule has 3 rings (SSSR count). The van der Waals surface area contributed by atoms with Crippen molar-refractivity contribution < 1.29 is 9.66 Å². The van der Waals surface area contributed by atoms with Crippen LogP contribution in [0.15, 0.2) is 66.9 Å². The maximum Gasteiger partial charge on any atom is 0.318 e. The first kappa shape index (κ1) is 14.7. The molecule has 0 spiro atoms. The van der Waals surface area contributed by atoms with Gasteiger partial charge in [0.2, 0.25) is 0 Å². The summed E-state index contributed by atoms with van der Waals surface area (Å²) in [4.78, 5) is 15.4. The topological polar surface area (TPSA) is 65.3 Å². The third-order valence-corrected chi connectivity index (χ3v) is 3.52.